The van der Waals surface area contributed by atoms with Gasteiger partial charge in [-0.3, -0.25) is 19.9 Å². The molecule has 39 heavy (non-hydrogen) atoms. The average Bonchev–Trinajstić information content (AvgIpc) is 2.98. The van der Waals surface area contributed by atoms with E-state index in [0.717, 1.165) is 22.8 Å². The summed E-state index contributed by atoms with van der Waals surface area (Å²) in [6.45, 7) is 19.2. The van der Waals surface area contributed by atoms with Crippen molar-refractivity contribution in [2.24, 2.45) is 0 Å². The molecule has 0 unspecified atom stereocenters. The standard InChI is InChI=1S/C7H10N2O.C6H8N2O.2C5H5N.3C2H6.CH4.HI/c1-5-4-7(10-3)6(2)9-8-5;1-4-3-6(9)5(2)8-7-4;2*1-2-4-6-5-3-1;3*1-2;;/h4H,1-3H3;3H,1-2H3,(H,7,9);2*1-5H;3*1-2H3;1H4;1H. The predicted molar refractivity (Wildman–Crippen MR) is 177 cm³/mol. The number of hydrogen-bond acceptors (Lipinski definition) is 7. The molecule has 9 heteroatoms. The molecule has 4 aromatic heterocycles. The normalized spacial score (nSPS) is 7.56. The molecular weight excluding hydrogens is 603 g/mol. The zero-order valence-electron chi connectivity index (χ0n) is 24.9. The highest BCUT2D eigenvalue weighted by molar-refractivity contribution is 14.0. The Morgan fingerprint density at radius 2 is 1.10 bits per heavy atom. The Kier molecular flexibility index (Phi) is 40.8. The molecular formula is C30H51IN6O2. The Morgan fingerprint density at radius 1 is 0.667 bits per heavy atom. The fraction of sp³-hybridized carbons (Fsp3) is 0.400. The number of halogens is 1. The summed E-state index contributed by atoms with van der Waals surface area (Å²) < 4.78 is 5.02. The number of rotatable bonds is 1. The summed E-state index contributed by atoms with van der Waals surface area (Å²) in [7, 11) is 1.63. The Hall–Kier alpha value is -3.21. The molecule has 0 spiro atoms. The van der Waals surface area contributed by atoms with Gasteiger partial charge in [-0.25, -0.2) is 0 Å². The van der Waals surface area contributed by atoms with E-state index in [4.69, 9.17) is 4.74 Å². The van der Waals surface area contributed by atoms with Gasteiger partial charge in [-0.2, -0.15) is 15.3 Å². The molecule has 0 saturated heterocycles. The van der Waals surface area contributed by atoms with Crippen molar-refractivity contribution in [1.82, 2.24) is 30.4 Å². The second kappa shape index (κ2) is 34.8. The topological polar surface area (TPSA) is 107 Å². The number of aryl methyl sites for hydroxylation is 4. The summed E-state index contributed by atoms with van der Waals surface area (Å²) in [5.74, 6) is 0.799. The van der Waals surface area contributed by atoms with Gasteiger partial charge in [0, 0.05) is 42.6 Å². The Morgan fingerprint density at radius 3 is 1.36 bits per heavy atom. The third-order valence-electron chi connectivity index (χ3n) is 3.51. The van der Waals surface area contributed by atoms with Gasteiger partial charge in [0.2, 0.25) is 5.43 Å². The second-order valence-corrected chi connectivity index (χ2v) is 6.19. The number of nitrogens with zero attached hydrogens (tertiary/aromatic N) is 5. The number of nitrogens with one attached hydrogen (secondary N) is 1. The van der Waals surface area contributed by atoms with Gasteiger partial charge in [0.05, 0.1) is 12.8 Å². The van der Waals surface area contributed by atoms with Crippen molar-refractivity contribution in [1.29, 1.82) is 0 Å². The number of hydrogen-bond donors (Lipinski definition) is 1. The molecule has 0 bridgehead atoms. The third kappa shape index (κ3) is 27.6. The number of H-pyrrole nitrogens is 1. The maximum atomic E-state index is 10.8. The van der Waals surface area contributed by atoms with Gasteiger partial charge >= 0.3 is 0 Å². The molecule has 220 valence electrons. The predicted octanol–water partition coefficient (Wildman–Crippen LogP) is 7.98. The van der Waals surface area contributed by atoms with Crippen molar-refractivity contribution < 1.29 is 4.74 Å². The van der Waals surface area contributed by atoms with Crippen LogP contribution in [0.1, 0.15) is 71.7 Å². The lowest BCUT2D eigenvalue weighted by molar-refractivity contribution is 0.407. The molecule has 0 fully saturated rings. The third-order valence-corrected chi connectivity index (χ3v) is 3.51. The van der Waals surface area contributed by atoms with E-state index < -0.39 is 0 Å². The molecule has 4 heterocycles. The fourth-order valence-electron chi connectivity index (χ4n) is 1.92. The van der Waals surface area contributed by atoms with Gasteiger partial charge in [0.25, 0.3) is 0 Å². The van der Waals surface area contributed by atoms with Gasteiger partial charge < -0.3 is 4.74 Å². The van der Waals surface area contributed by atoms with E-state index >= 15 is 0 Å². The van der Waals surface area contributed by atoms with E-state index in [1.165, 1.54) is 6.07 Å². The molecule has 0 aliphatic carbocycles. The van der Waals surface area contributed by atoms with Crippen molar-refractivity contribution in [3.8, 4) is 5.75 Å². The summed E-state index contributed by atoms with van der Waals surface area (Å²) in [5.41, 5.74) is 3.01. The van der Waals surface area contributed by atoms with Crippen LogP contribution in [0, 0.1) is 27.7 Å². The molecule has 0 aliphatic heterocycles. The van der Waals surface area contributed by atoms with Crippen molar-refractivity contribution in [3.05, 3.63) is 106 Å². The van der Waals surface area contributed by atoms with Crippen LogP contribution >= 0.6 is 24.0 Å². The first-order chi connectivity index (χ1) is 17.9. The van der Waals surface area contributed by atoms with Crippen molar-refractivity contribution in [3.63, 3.8) is 0 Å². The van der Waals surface area contributed by atoms with Crippen molar-refractivity contribution in [2.45, 2.75) is 76.7 Å². The minimum Gasteiger partial charge on any atom is -0.495 e. The molecule has 0 amide bonds. The lowest BCUT2D eigenvalue weighted by Gasteiger charge is -2.01. The highest BCUT2D eigenvalue weighted by atomic mass is 127. The first-order valence-corrected chi connectivity index (χ1v) is 12.5. The number of ether oxygens (including phenoxy) is 1. The lowest BCUT2D eigenvalue weighted by atomic mass is 10.3. The van der Waals surface area contributed by atoms with Crippen LogP contribution in [-0.4, -0.2) is 37.5 Å². The highest BCUT2D eigenvalue weighted by Gasteiger charge is 1.98. The van der Waals surface area contributed by atoms with Crippen LogP contribution in [-0.2, 0) is 0 Å². The molecule has 0 aromatic carbocycles. The maximum absolute atomic E-state index is 10.8. The Bertz CT molecular complexity index is 965. The van der Waals surface area contributed by atoms with E-state index in [1.54, 1.807) is 45.7 Å². The van der Waals surface area contributed by atoms with Gasteiger partial charge in [-0.15, -0.1) is 24.0 Å². The largest absolute Gasteiger partial charge is 0.495 e. The van der Waals surface area contributed by atoms with Crippen molar-refractivity contribution >= 4 is 24.0 Å². The SMILES string of the molecule is C.CC.CC.CC.COc1cc(C)nnc1C.Cc1cc(=O)c(C)n[nH]1.I.c1ccncc1.c1ccncc1. The van der Waals surface area contributed by atoms with Crippen LogP contribution in [0.15, 0.2) is 78.1 Å². The van der Waals surface area contributed by atoms with E-state index in [1.807, 2.05) is 97.9 Å². The van der Waals surface area contributed by atoms with Crippen LogP contribution in [0.25, 0.3) is 0 Å². The summed E-state index contributed by atoms with van der Waals surface area (Å²) >= 11 is 0. The zero-order valence-corrected chi connectivity index (χ0v) is 27.2. The molecule has 0 aliphatic rings. The van der Waals surface area contributed by atoms with E-state index in [9.17, 15) is 4.79 Å². The quantitative estimate of drug-likeness (QED) is 0.208. The van der Waals surface area contributed by atoms with Crippen LogP contribution < -0.4 is 10.2 Å². The number of aromatic amines is 1. The zero-order chi connectivity index (χ0) is 28.9. The number of aromatic nitrogens is 6. The van der Waals surface area contributed by atoms with E-state index in [2.05, 4.69) is 30.4 Å². The summed E-state index contributed by atoms with van der Waals surface area (Å²) in [4.78, 5) is 18.3. The number of methoxy groups -OCH3 is 1. The van der Waals surface area contributed by atoms with Gasteiger partial charge in [-0.05, 0) is 52.0 Å². The molecule has 0 saturated carbocycles. The minimum absolute atomic E-state index is 0. The molecule has 4 aromatic rings. The van der Waals surface area contributed by atoms with E-state index in [-0.39, 0.29) is 36.8 Å². The summed E-state index contributed by atoms with van der Waals surface area (Å²) in [6, 6.07) is 14.8. The Labute approximate surface area is 254 Å². The molecule has 1 N–H and O–H groups in total. The lowest BCUT2D eigenvalue weighted by Crippen LogP contribution is -2.08. The summed E-state index contributed by atoms with van der Waals surface area (Å²) in [6.07, 6.45) is 7.00. The average molecular weight is 655 g/mol. The van der Waals surface area contributed by atoms with Gasteiger partial charge in [0.1, 0.15) is 17.1 Å². The minimum atomic E-state index is -0.00810. The first-order valence-electron chi connectivity index (χ1n) is 12.5. The van der Waals surface area contributed by atoms with E-state index in [0.29, 0.717) is 5.69 Å². The van der Waals surface area contributed by atoms with Crippen LogP contribution in [0.4, 0.5) is 0 Å². The summed E-state index contributed by atoms with van der Waals surface area (Å²) in [5, 5.41) is 14.2. The van der Waals surface area contributed by atoms with Gasteiger partial charge in [0.15, 0.2) is 0 Å². The van der Waals surface area contributed by atoms with Crippen LogP contribution in [0.2, 0.25) is 0 Å². The van der Waals surface area contributed by atoms with Gasteiger partial charge in [-0.1, -0.05) is 61.1 Å². The fourth-order valence-corrected chi connectivity index (χ4v) is 1.92. The first kappa shape index (κ1) is 45.7. The second-order valence-electron chi connectivity index (χ2n) is 6.19. The Balaban J connectivity index is -0.000000123. The number of pyridine rings is 2. The van der Waals surface area contributed by atoms with Crippen LogP contribution in [0.3, 0.4) is 0 Å². The van der Waals surface area contributed by atoms with Crippen LogP contribution in [0.5, 0.6) is 5.75 Å². The molecule has 0 atom stereocenters. The monoisotopic (exact) mass is 654 g/mol. The molecule has 4 rings (SSSR count). The maximum Gasteiger partial charge on any atom is 0.203 e. The molecule has 0 radical (unpaired) electrons. The highest BCUT2D eigenvalue weighted by Crippen LogP contribution is 2.13. The molecule has 8 nitrogen and oxygen atoms in total. The van der Waals surface area contributed by atoms with Crippen molar-refractivity contribution in [2.75, 3.05) is 7.11 Å². The smallest absolute Gasteiger partial charge is 0.203 e.